The lowest BCUT2D eigenvalue weighted by molar-refractivity contribution is 0.0649. The maximum atomic E-state index is 3.52. The van der Waals surface area contributed by atoms with E-state index in [0.717, 1.165) is 18.1 Å². The monoisotopic (exact) mass is 223 g/mol. The molecular formula is C13H25N3. The molecule has 1 aliphatic carbocycles. The van der Waals surface area contributed by atoms with Crippen molar-refractivity contribution in [3.05, 3.63) is 0 Å². The lowest BCUT2D eigenvalue weighted by atomic mass is 10.1. The Morgan fingerprint density at radius 2 is 1.81 bits per heavy atom. The summed E-state index contributed by atoms with van der Waals surface area (Å²) < 4.78 is 0. The first-order valence-electron chi connectivity index (χ1n) is 7.04. The topological polar surface area (TPSA) is 18.5 Å². The van der Waals surface area contributed by atoms with E-state index in [1.807, 2.05) is 0 Å². The van der Waals surface area contributed by atoms with Crippen LogP contribution in [0, 0.1) is 0 Å². The van der Waals surface area contributed by atoms with Crippen LogP contribution in [-0.2, 0) is 0 Å². The van der Waals surface area contributed by atoms with Gasteiger partial charge in [-0.1, -0.05) is 6.42 Å². The summed E-state index contributed by atoms with van der Waals surface area (Å²) in [7, 11) is 2.13. The number of hydrogen-bond acceptors (Lipinski definition) is 3. The molecule has 3 atom stereocenters. The van der Waals surface area contributed by atoms with Crippen LogP contribution in [0.15, 0.2) is 0 Å². The molecule has 0 spiro atoms. The second-order valence-corrected chi connectivity index (χ2v) is 5.72. The average molecular weight is 223 g/mol. The van der Waals surface area contributed by atoms with Gasteiger partial charge in [-0.25, -0.2) is 0 Å². The predicted octanol–water partition coefficient (Wildman–Crippen LogP) is 0.907. The molecule has 0 aromatic rings. The van der Waals surface area contributed by atoms with Gasteiger partial charge in [-0.15, -0.1) is 0 Å². The van der Waals surface area contributed by atoms with E-state index in [4.69, 9.17) is 0 Å². The van der Waals surface area contributed by atoms with Crippen LogP contribution < -0.4 is 5.32 Å². The maximum Gasteiger partial charge on any atom is 0.0250 e. The molecule has 1 N–H and O–H groups in total. The van der Waals surface area contributed by atoms with Gasteiger partial charge in [0.2, 0.25) is 0 Å². The number of hydrogen-bond donors (Lipinski definition) is 1. The van der Waals surface area contributed by atoms with Gasteiger partial charge in [-0.2, -0.15) is 0 Å². The Hall–Kier alpha value is -0.120. The molecule has 3 heteroatoms. The summed E-state index contributed by atoms with van der Waals surface area (Å²) in [5.74, 6) is 0. The van der Waals surface area contributed by atoms with E-state index in [2.05, 4.69) is 22.2 Å². The smallest absolute Gasteiger partial charge is 0.0250 e. The fraction of sp³-hybridized carbons (Fsp3) is 1.00. The van der Waals surface area contributed by atoms with Crippen LogP contribution in [0.4, 0.5) is 0 Å². The largest absolute Gasteiger partial charge is 0.315 e. The lowest BCUT2D eigenvalue weighted by Gasteiger charge is -2.42. The summed E-state index contributed by atoms with van der Waals surface area (Å²) in [4.78, 5) is 5.49. The molecule has 16 heavy (non-hydrogen) atoms. The minimum atomic E-state index is 0.757. The van der Waals surface area contributed by atoms with E-state index in [1.54, 1.807) is 0 Å². The second kappa shape index (κ2) is 4.63. The molecule has 3 rings (SSSR count). The third-order valence-electron chi connectivity index (χ3n) is 4.94. The molecule has 0 amide bonds. The number of nitrogens with zero attached hydrogens (tertiary/aromatic N) is 2. The van der Waals surface area contributed by atoms with Crippen LogP contribution in [-0.4, -0.2) is 61.2 Å². The molecule has 0 aromatic carbocycles. The van der Waals surface area contributed by atoms with E-state index in [1.165, 1.54) is 58.3 Å². The first-order chi connectivity index (χ1) is 7.88. The highest BCUT2D eigenvalue weighted by Crippen LogP contribution is 2.29. The van der Waals surface area contributed by atoms with Gasteiger partial charge >= 0.3 is 0 Å². The van der Waals surface area contributed by atoms with E-state index in [-0.39, 0.29) is 0 Å². The summed E-state index contributed by atoms with van der Waals surface area (Å²) in [5.41, 5.74) is 0. The molecule has 2 saturated heterocycles. The van der Waals surface area contributed by atoms with E-state index in [9.17, 15) is 0 Å². The number of likely N-dealkylation sites (N-methyl/N-ethyl adjacent to an activating group) is 1. The zero-order chi connectivity index (χ0) is 11.0. The van der Waals surface area contributed by atoms with Gasteiger partial charge < -0.3 is 5.32 Å². The van der Waals surface area contributed by atoms with E-state index < -0.39 is 0 Å². The minimum absolute atomic E-state index is 0.757. The van der Waals surface area contributed by atoms with E-state index >= 15 is 0 Å². The normalized spacial score (nSPS) is 41.4. The highest BCUT2D eigenvalue weighted by atomic mass is 15.3. The van der Waals surface area contributed by atoms with Gasteiger partial charge in [0.05, 0.1) is 0 Å². The summed E-state index contributed by atoms with van der Waals surface area (Å²) in [6.07, 6.45) is 7.08. The highest BCUT2D eigenvalue weighted by molar-refractivity contribution is 4.95. The summed E-state index contributed by atoms with van der Waals surface area (Å²) in [5, 5.41) is 3.52. The van der Waals surface area contributed by atoms with Crippen LogP contribution in [0.3, 0.4) is 0 Å². The molecule has 0 radical (unpaired) electrons. The Labute approximate surface area is 99.2 Å². The van der Waals surface area contributed by atoms with Crippen LogP contribution in [0.2, 0.25) is 0 Å². The zero-order valence-electron chi connectivity index (χ0n) is 10.5. The van der Waals surface area contributed by atoms with Crippen molar-refractivity contribution in [2.75, 3.05) is 33.2 Å². The third-order valence-corrected chi connectivity index (χ3v) is 4.94. The SMILES string of the molecule is CNC1CCCC1N1CCN2CCCC2C1. The van der Waals surface area contributed by atoms with Crippen molar-refractivity contribution in [2.24, 2.45) is 0 Å². The molecule has 3 aliphatic rings. The number of piperazine rings is 1. The molecule has 2 heterocycles. The molecule has 3 unspecified atom stereocenters. The van der Waals surface area contributed by atoms with Crippen molar-refractivity contribution in [1.29, 1.82) is 0 Å². The number of fused-ring (bicyclic) bond motifs is 1. The molecule has 0 aromatic heterocycles. The van der Waals surface area contributed by atoms with Crippen molar-refractivity contribution in [3.63, 3.8) is 0 Å². The van der Waals surface area contributed by atoms with Crippen molar-refractivity contribution in [2.45, 2.75) is 50.2 Å². The van der Waals surface area contributed by atoms with Crippen LogP contribution in [0.5, 0.6) is 0 Å². The Balaban J connectivity index is 1.62. The standard InChI is InChI=1S/C13H25N3/c1-14-12-5-2-6-13(12)16-9-8-15-7-3-4-11(15)10-16/h11-14H,2-10H2,1H3. The molecule has 92 valence electrons. The van der Waals surface area contributed by atoms with Gasteiger partial charge in [-0.3, -0.25) is 9.80 Å². The quantitative estimate of drug-likeness (QED) is 0.750. The van der Waals surface area contributed by atoms with Crippen molar-refractivity contribution in [3.8, 4) is 0 Å². The average Bonchev–Trinajstić information content (AvgIpc) is 2.96. The lowest BCUT2D eigenvalue weighted by Crippen LogP contribution is -2.56. The molecule has 0 bridgehead atoms. The van der Waals surface area contributed by atoms with Crippen molar-refractivity contribution < 1.29 is 0 Å². The first-order valence-corrected chi connectivity index (χ1v) is 7.04. The van der Waals surface area contributed by atoms with E-state index in [0.29, 0.717) is 0 Å². The van der Waals surface area contributed by atoms with Gasteiger partial charge in [0, 0.05) is 37.8 Å². The van der Waals surface area contributed by atoms with Gasteiger partial charge in [0.25, 0.3) is 0 Å². The molecular weight excluding hydrogens is 198 g/mol. The maximum absolute atomic E-state index is 3.52. The Kier molecular flexibility index (Phi) is 3.18. The molecule has 2 aliphatic heterocycles. The summed E-state index contributed by atoms with van der Waals surface area (Å²) in [6, 6.07) is 2.47. The van der Waals surface area contributed by atoms with Crippen LogP contribution >= 0.6 is 0 Å². The van der Waals surface area contributed by atoms with Crippen molar-refractivity contribution in [1.82, 2.24) is 15.1 Å². The molecule has 3 nitrogen and oxygen atoms in total. The van der Waals surface area contributed by atoms with Gasteiger partial charge in [0.1, 0.15) is 0 Å². The summed E-state index contributed by atoms with van der Waals surface area (Å²) >= 11 is 0. The zero-order valence-corrected chi connectivity index (χ0v) is 10.5. The predicted molar refractivity (Wildman–Crippen MR) is 66.7 cm³/mol. The minimum Gasteiger partial charge on any atom is -0.315 e. The molecule has 3 fully saturated rings. The molecule has 1 saturated carbocycles. The van der Waals surface area contributed by atoms with Gasteiger partial charge in [0.15, 0.2) is 0 Å². The number of rotatable bonds is 2. The van der Waals surface area contributed by atoms with Crippen LogP contribution in [0.1, 0.15) is 32.1 Å². The Bertz CT molecular complexity index is 243. The second-order valence-electron chi connectivity index (χ2n) is 5.72. The summed E-state index contributed by atoms with van der Waals surface area (Å²) in [6.45, 7) is 5.32. The third kappa shape index (κ3) is 1.89. The Morgan fingerprint density at radius 1 is 0.938 bits per heavy atom. The fourth-order valence-electron chi connectivity index (χ4n) is 4.03. The Morgan fingerprint density at radius 3 is 2.69 bits per heavy atom. The first kappa shape index (κ1) is 11.0. The van der Waals surface area contributed by atoms with Gasteiger partial charge in [-0.05, 0) is 39.3 Å². The number of nitrogens with one attached hydrogen (secondary N) is 1. The fourth-order valence-corrected chi connectivity index (χ4v) is 4.03. The highest BCUT2D eigenvalue weighted by Gasteiger charge is 2.37. The van der Waals surface area contributed by atoms with Crippen LogP contribution in [0.25, 0.3) is 0 Å². The van der Waals surface area contributed by atoms with Crippen molar-refractivity contribution >= 4 is 0 Å².